The molecule has 0 radical (unpaired) electrons. The fourth-order valence-corrected chi connectivity index (χ4v) is 3.66. The Morgan fingerprint density at radius 2 is 2.09 bits per heavy atom. The Morgan fingerprint density at radius 1 is 1.32 bits per heavy atom. The first-order valence-corrected chi connectivity index (χ1v) is 7.95. The Morgan fingerprint density at radius 3 is 2.82 bits per heavy atom. The number of hydrogen-bond acceptors (Lipinski definition) is 4. The lowest BCUT2D eigenvalue weighted by Crippen LogP contribution is -2.20. The monoisotopic (exact) mass is 309 g/mol. The Balaban J connectivity index is 2.10. The molecule has 0 unspecified atom stereocenters. The highest BCUT2D eigenvalue weighted by atomic mass is 32.1. The predicted molar refractivity (Wildman–Crippen MR) is 88.9 cm³/mol. The first-order chi connectivity index (χ1) is 10.7. The van der Waals surface area contributed by atoms with Crippen LogP contribution in [0.3, 0.4) is 0 Å². The van der Waals surface area contributed by atoms with Crippen molar-refractivity contribution in [1.29, 1.82) is 5.26 Å². The molecule has 0 saturated heterocycles. The van der Waals surface area contributed by atoms with Gasteiger partial charge in [0, 0.05) is 17.8 Å². The molecule has 0 aliphatic heterocycles. The minimum Gasteiger partial charge on any atom is -0.299 e. The van der Waals surface area contributed by atoms with Crippen molar-refractivity contribution in [2.75, 3.05) is 0 Å². The topological polar surface area (TPSA) is 58.7 Å². The van der Waals surface area contributed by atoms with Gasteiger partial charge in [-0.05, 0) is 24.5 Å². The van der Waals surface area contributed by atoms with E-state index in [1.54, 1.807) is 22.2 Å². The summed E-state index contributed by atoms with van der Waals surface area (Å²) in [6.07, 6.45) is 2.70. The van der Waals surface area contributed by atoms with Crippen LogP contribution in [0.5, 0.6) is 0 Å². The van der Waals surface area contributed by atoms with Crippen molar-refractivity contribution in [2.24, 2.45) is 0 Å². The number of fused-ring (bicyclic) bond motifs is 1. The van der Waals surface area contributed by atoms with Crippen LogP contribution < -0.4 is 5.56 Å². The van der Waals surface area contributed by atoms with Gasteiger partial charge < -0.3 is 0 Å². The fourth-order valence-electron chi connectivity index (χ4n) is 2.51. The highest BCUT2D eigenvalue weighted by molar-refractivity contribution is 7.22. The van der Waals surface area contributed by atoms with Crippen LogP contribution in [0.2, 0.25) is 0 Å². The van der Waals surface area contributed by atoms with Gasteiger partial charge in [0.15, 0.2) is 0 Å². The lowest BCUT2D eigenvalue weighted by Gasteiger charge is -2.03. The van der Waals surface area contributed by atoms with Crippen molar-refractivity contribution in [1.82, 2.24) is 9.55 Å². The quantitative estimate of drug-likeness (QED) is 0.690. The van der Waals surface area contributed by atoms with E-state index in [9.17, 15) is 4.79 Å². The van der Waals surface area contributed by atoms with Crippen LogP contribution >= 0.6 is 11.3 Å². The lowest BCUT2D eigenvalue weighted by atomic mass is 10.1. The van der Waals surface area contributed by atoms with E-state index in [4.69, 9.17) is 5.26 Å². The molecule has 0 N–H and O–H groups in total. The van der Waals surface area contributed by atoms with Crippen molar-refractivity contribution in [3.63, 3.8) is 0 Å². The van der Waals surface area contributed by atoms with Gasteiger partial charge in [0.1, 0.15) is 4.83 Å². The van der Waals surface area contributed by atoms with Crippen LogP contribution in [-0.4, -0.2) is 9.55 Å². The number of thiophene rings is 1. The number of unbranched alkanes of at least 4 members (excludes halogenated alkanes) is 1. The summed E-state index contributed by atoms with van der Waals surface area (Å²) in [5.41, 5.74) is 2.08. The first-order valence-electron chi connectivity index (χ1n) is 7.13. The molecule has 0 bridgehead atoms. The maximum Gasteiger partial charge on any atom is 0.262 e. The van der Waals surface area contributed by atoms with E-state index < -0.39 is 0 Å². The van der Waals surface area contributed by atoms with Crippen molar-refractivity contribution in [3.05, 3.63) is 52.6 Å². The Hall–Kier alpha value is -2.45. The molecule has 0 spiro atoms. The van der Waals surface area contributed by atoms with Crippen molar-refractivity contribution in [3.8, 4) is 16.5 Å². The zero-order valence-electron chi connectivity index (χ0n) is 12.2. The van der Waals surface area contributed by atoms with E-state index in [0.29, 0.717) is 24.8 Å². The summed E-state index contributed by atoms with van der Waals surface area (Å²) in [6.45, 7) is 2.51. The third-order valence-corrected chi connectivity index (χ3v) is 4.89. The molecule has 3 rings (SSSR count). The summed E-state index contributed by atoms with van der Waals surface area (Å²) in [4.78, 5) is 18.9. The van der Waals surface area contributed by atoms with E-state index in [-0.39, 0.29) is 5.56 Å². The molecule has 3 aromatic rings. The zero-order valence-corrected chi connectivity index (χ0v) is 13.1. The molecule has 4 nitrogen and oxygen atoms in total. The van der Waals surface area contributed by atoms with Crippen molar-refractivity contribution in [2.45, 2.75) is 26.3 Å². The standard InChI is InChI=1S/C17H15N3OS/c1-12-14-16(22-15(12)13-7-3-2-4-8-13)19-11-20(17(14)21)10-6-5-9-18/h2-4,7-8,11H,5-6,10H2,1H3. The van der Waals surface area contributed by atoms with Gasteiger partial charge in [0.25, 0.3) is 5.56 Å². The first kappa shape index (κ1) is 14.5. The molecule has 0 aliphatic carbocycles. The van der Waals surface area contributed by atoms with Crippen molar-refractivity contribution >= 4 is 21.6 Å². The highest BCUT2D eigenvalue weighted by Gasteiger charge is 2.15. The smallest absolute Gasteiger partial charge is 0.262 e. The van der Waals surface area contributed by atoms with Crippen LogP contribution in [0.15, 0.2) is 41.5 Å². The number of nitrogens with zero attached hydrogens (tertiary/aromatic N) is 3. The maximum absolute atomic E-state index is 12.6. The number of rotatable bonds is 4. The number of nitriles is 1. The molecule has 0 fully saturated rings. The molecule has 5 heteroatoms. The van der Waals surface area contributed by atoms with Gasteiger partial charge in [0.2, 0.25) is 0 Å². The van der Waals surface area contributed by atoms with Gasteiger partial charge in [-0.3, -0.25) is 9.36 Å². The second kappa shape index (κ2) is 6.12. The minimum atomic E-state index is -0.0149. The molecule has 1 aromatic carbocycles. The molecule has 2 heterocycles. The summed E-state index contributed by atoms with van der Waals surface area (Å²) in [5, 5.41) is 9.31. The molecule has 0 amide bonds. The van der Waals surface area contributed by atoms with Crippen LogP contribution in [0.1, 0.15) is 18.4 Å². The second-order valence-corrected chi connectivity index (χ2v) is 6.11. The number of hydrogen-bond donors (Lipinski definition) is 0. The van der Waals surface area contributed by atoms with Crippen molar-refractivity contribution < 1.29 is 0 Å². The van der Waals surface area contributed by atoms with E-state index >= 15 is 0 Å². The number of aryl methyl sites for hydroxylation is 2. The Kier molecular flexibility index (Phi) is 4.03. The number of benzene rings is 1. The van der Waals surface area contributed by atoms with Crippen LogP contribution in [0.25, 0.3) is 20.7 Å². The largest absolute Gasteiger partial charge is 0.299 e. The SMILES string of the molecule is Cc1c(-c2ccccc2)sc2ncn(CCCC#N)c(=O)c12. The maximum atomic E-state index is 12.6. The van der Waals surface area contributed by atoms with E-state index in [0.717, 1.165) is 20.8 Å². The molecule has 22 heavy (non-hydrogen) atoms. The third-order valence-electron chi connectivity index (χ3n) is 3.64. The average Bonchev–Trinajstić information content (AvgIpc) is 2.88. The third kappa shape index (κ3) is 2.53. The highest BCUT2D eigenvalue weighted by Crippen LogP contribution is 2.35. The summed E-state index contributed by atoms with van der Waals surface area (Å²) in [5.74, 6) is 0. The van der Waals surface area contributed by atoms with Crippen LogP contribution in [0, 0.1) is 18.3 Å². The molecule has 0 saturated carbocycles. The average molecular weight is 309 g/mol. The molecule has 110 valence electrons. The second-order valence-electron chi connectivity index (χ2n) is 5.11. The normalized spacial score (nSPS) is 10.7. The van der Waals surface area contributed by atoms with Gasteiger partial charge >= 0.3 is 0 Å². The summed E-state index contributed by atoms with van der Waals surface area (Å²) in [6, 6.07) is 12.2. The lowest BCUT2D eigenvalue weighted by molar-refractivity contribution is 0.627. The van der Waals surface area contributed by atoms with Gasteiger partial charge in [-0.15, -0.1) is 11.3 Å². The molecular weight excluding hydrogens is 294 g/mol. The van der Waals surface area contributed by atoms with E-state index in [2.05, 4.69) is 11.1 Å². The minimum absolute atomic E-state index is 0.0149. The summed E-state index contributed by atoms with van der Waals surface area (Å²) >= 11 is 1.55. The molecule has 0 aliphatic rings. The van der Waals surface area contributed by atoms with Gasteiger partial charge in [-0.2, -0.15) is 5.26 Å². The Labute approximate surface area is 132 Å². The van der Waals surface area contributed by atoms with Crippen LogP contribution in [-0.2, 0) is 6.54 Å². The van der Waals surface area contributed by atoms with E-state index in [1.165, 1.54) is 0 Å². The molecular formula is C17H15N3OS. The van der Waals surface area contributed by atoms with Gasteiger partial charge in [-0.25, -0.2) is 4.98 Å². The van der Waals surface area contributed by atoms with Crippen LogP contribution in [0.4, 0.5) is 0 Å². The fraction of sp³-hybridized carbons (Fsp3) is 0.235. The number of aromatic nitrogens is 2. The Bertz CT molecular complexity index is 903. The summed E-state index contributed by atoms with van der Waals surface area (Å²) < 4.78 is 1.61. The van der Waals surface area contributed by atoms with Gasteiger partial charge in [0.05, 0.1) is 17.8 Å². The summed E-state index contributed by atoms with van der Waals surface area (Å²) in [7, 11) is 0. The van der Waals surface area contributed by atoms with Gasteiger partial charge in [-0.1, -0.05) is 30.3 Å². The zero-order chi connectivity index (χ0) is 15.5. The molecule has 2 aromatic heterocycles. The predicted octanol–water partition coefficient (Wildman–Crippen LogP) is 3.74. The van der Waals surface area contributed by atoms with E-state index in [1.807, 2.05) is 37.3 Å². The molecule has 0 atom stereocenters.